The third kappa shape index (κ3) is 3.40. The fourth-order valence-electron chi connectivity index (χ4n) is 3.82. The first-order valence-electron chi connectivity index (χ1n) is 8.80. The van der Waals surface area contributed by atoms with Gasteiger partial charge in [-0.15, -0.1) is 5.10 Å². The molecule has 0 saturated carbocycles. The summed E-state index contributed by atoms with van der Waals surface area (Å²) in [6.45, 7) is 3.33. The van der Waals surface area contributed by atoms with Gasteiger partial charge < -0.3 is 16.0 Å². The molecule has 25 heavy (non-hydrogen) atoms. The Labute approximate surface area is 146 Å². The fraction of sp³-hybridized carbons (Fsp3) is 0.529. The second kappa shape index (κ2) is 6.89. The summed E-state index contributed by atoms with van der Waals surface area (Å²) in [4.78, 5) is 12.5. The number of rotatable bonds is 4. The maximum Gasteiger partial charge on any atom is 0.237 e. The highest BCUT2D eigenvalue weighted by Crippen LogP contribution is 2.37. The van der Waals surface area contributed by atoms with Gasteiger partial charge in [0.05, 0.1) is 18.3 Å². The predicted molar refractivity (Wildman–Crippen MR) is 91.9 cm³/mol. The zero-order valence-electron chi connectivity index (χ0n) is 14.1. The van der Waals surface area contributed by atoms with E-state index in [9.17, 15) is 4.79 Å². The van der Waals surface area contributed by atoms with Gasteiger partial charge in [-0.3, -0.25) is 4.79 Å². The van der Waals surface area contributed by atoms with Crippen molar-refractivity contribution < 1.29 is 4.79 Å². The van der Waals surface area contributed by atoms with Crippen LogP contribution in [0.5, 0.6) is 0 Å². The molecule has 2 saturated heterocycles. The summed E-state index contributed by atoms with van der Waals surface area (Å²) in [6, 6.07) is 9.54. The smallest absolute Gasteiger partial charge is 0.237 e. The van der Waals surface area contributed by atoms with E-state index in [0.717, 1.165) is 44.6 Å². The van der Waals surface area contributed by atoms with Crippen LogP contribution >= 0.6 is 0 Å². The summed E-state index contributed by atoms with van der Waals surface area (Å²) in [5.41, 5.74) is 1.16. The number of tetrazole rings is 1. The third-order valence-corrected chi connectivity index (χ3v) is 5.30. The molecule has 1 spiro atoms. The molecule has 0 bridgehead atoms. The Hall–Kier alpha value is -2.32. The molecule has 3 heterocycles. The van der Waals surface area contributed by atoms with Gasteiger partial charge in [0.1, 0.15) is 0 Å². The Kier molecular flexibility index (Phi) is 4.46. The van der Waals surface area contributed by atoms with Crippen molar-refractivity contribution in [1.29, 1.82) is 0 Å². The average Bonchev–Trinajstić information content (AvgIpc) is 3.29. The number of nitrogens with one attached hydrogen (secondary N) is 3. The molecule has 8 heteroatoms. The molecular formula is C17H23N7O. The van der Waals surface area contributed by atoms with Gasteiger partial charge in [-0.1, -0.05) is 18.2 Å². The predicted octanol–water partition coefficient (Wildman–Crippen LogP) is 0.0102. The summed E-state index contributed by atoms with van der Waals surface area (Å²) in [5, 5.41) is 21.5. The van der Waals surface area contributed by atoms with Crippen molar-refractivity contribution in [3.63, 3.8) is 0 Å². The lowest BCUT2D eigenvalue weighted by Crippen LogP contribution is -2.40. The second-order valence-electron chi connectivity index (χ2n) is 6.95. The summed E-state index contributed by atoms with van der Waals surface area (Å²) in [6.07, 6.45) is 3.18. The monoisotopic (exact) mass is 341 g/mol. The molecule has 0 aliphatic carbocycles. The number of carbonyl (C=O) groups excluding carboxylic acids is 1. The number of benzene rings is 1. The highest BCUT2D eigenvalue weighted by molar-refractivity contribution is 5.82. The van der Waals surface area contributed by atoms with Crippen LogP contribution in [0.4, 0.5) is 0 Å². The minimum Gasteiger partial charge on any atom is -0.347 e. The van der Waals surface area contributed by atoms with Crippen LogP contribution in [0, 0.1) is 5.41 Å². The molecule has 2 aliphatic heterocycles. The van der Waals surface area contributed by atoms with Crippen molar-refractivity contribution >= 4 is 5.91 Å². The molecule has 1 aromatic heterocycles. The molecule has 1 unspecified atom stereocenters. The van der Waals surface area contributed by atoms with Crippen molar-refractivity contribution in [3.8, 4) is 5.69 Å². The molecular weight excluding hydrogens is 318 g/mol. The molecule has 2 aliphatic rings. The highest BCUT2D eigenvalue weighted by Gasteiger charge is 2.42. The summed E-state index contributed by atoms with van der Waals surface area (Å²) in [7, 11) is 0. The number of carbonyl (C=O) groups is 1. The van der Waals surface area contributed by atoms with E-state index in [1.165, 1.54) is 0 Å². The minimum absolute atomic E-state index is 0.0259. The summed E-state index contributed by atoms with van der Waals surface area (Å²) >= 11 is 0. The summed E-state index contributed by atoms with van der Waals surface area (Å²) in [5.74, 6) is 0.646. The number of hydrogen-bond donors (Lipinski definition) is 3. The maximum absolute atomic E-state index is 12.5. The van der Waals surface area contributed by atoms with Gasteiger partial charge in [0, 0.05) is 6.54 Å². The minimum atomic E-state index is -0.126. The Balaban J connectivity index is 1.36. The van der Waals surface area contributed by atoms with Crippen LogP contribution in [-0.2, 0) is 11.3 Å². The number of aromatic nitrogens is 4. The van der Waals surface area contributed by atoms with Gasteiger partial charge in [-0.2, -0.15) is 4.68 Å². The van der Waals surface area contributed by atoms with E-state index in [4.69, 9.17) is 0 Å². The number of piperidine rings is 1. The second-order valence-corrected chi connectivity index (χ2v) is 6.95. The summed E-state index contributed by atoms with van der Waals surface area (Å²) < 4.78 is 1.65. The average molecular weight is 341 g/mol. The van der Waals surface area contributed by atoms with Crippen LogP contribution < -0.4 is 16.0 Å². The van der Waals surface area contributed by atoms with Crippen LogP contribution in [0.3, 0.4) is 0 Å². The Bertz CT molecular complexity index is 724. The molecule has 3 N–H and O–H groups in total. The van der Waals surface area contributed by atoms with Crippen LogP contribution in [0.1, 0.15) is 25.1 Å². The van der Waals surface area contributed by atoms with E-state index >= 15 is 0 Å². The van der Waals surface area contributed by atoms with E-state index in [2.05, 4.69) is 31.5 Å². The largest absolute Gasteiger partial charge is 0.347 e. The van der Waals surface area contributed by atoms with Crippen molar-refractivity contribution in [2.75, 3.05) is 19.6 Å². The van der Waals surface area contributed by atoms with Crippen molar-refractivity contribution in [2.45, 2.75) is 31.8 Å². The molecule has 0 radical (unpaired) electrons. The van der Waals surface area contributed by atoms with Crippen molar-refractivity contribution in [2.24, 2.45) is 5.41 Å². The van der Waals surface area contributed by atoms with Crippen LogP contribution in [0.15, 0.2) is 30.3 Å². The molecule has 2 aromatic rings. The van der Waals surface area contributed by atoms with Gasteiger partial charge in [-0.05, 0) is 60.3 Å². The van der Waals surface area contributed by atoms with Gasteiger partial charge in [0.25, 0.3) is 0 Å². The molecule has 1 amide bonds. The first-order chi connectivity index (χ1) is 12.3. The van der Waals surface area contributed by atoms with E-state index in [0.29, 0.717) is 12.4 Å². The van der Waals surface area contributed by atoms with Gasteiger partial charge in [0.2, 0.25) is 5.91 Å². The molecule has 4 rings (SSSR count). The normalized spacial score (nSPS) is 22.2. The van der Waals surface area contributed by atoms with E-state index in [-0.39, 0.29) is 17.4 Å². The SMILES string of the molecule is O=C(NCc1nnnn1-c1ccccc1)C1CC2(CCNCC2)CN1. The van der Waals surface area contributed by atoms with Gasteiger partial charge >= 0.3 is 0 Å². The Morgan fingerprint density at radius 2 is 2.08 bits per heavy atom. The Morgan fingerprint density at radius 3 is 2.88 bits per heavy atom. The van der Waals surface area contributed by atoms with Crippen LogP contribution in [0.25, 0.3) is 5.69 Å². The third-order valence-electron chi connectivity index (χ3n) is 5.30. The van der Waals surface area contributed by atoms with Crippen LogP contribution in [0.2, 0.25) is 0 Å². The number of nitrogens with zero attached hydrogens (tertiary/aromatic N) is 4. The first kappa shape index (κ1) is 16.2. The number of hydrogen-bond acceptors (Lipinski definition) is 6. The zero-order chi connectivity index (χ0) is 17.1. The quantitative estimate of drug-likeness (QED) is 0.725. The molecule has 1 atom stereocenters. The zero-order valence-corrected chi connectivity index (χ0v) is 14.1. The lowest BCUT2D eigenvalue weighted by Gasteiger charge is -2.33. The van der Waals surface area contributed by atoms with E-state index in [1.807, 2.05) is 30.3 Å². The fourth-order valence-corrected chi connectivity index (χ4v) is 3.82. The molecule has 8 nitrogen and oxygen atoms in total. The standard InChI is InChI=1S/C17H23N7O/c25-16(14-10-17(12-20-14)6-8-18-9-7-17)19-11-15-21-22-23-24(15)13-4-2-1-3-5-13/h1-5,14,18,20H,6-12H2,(H,19,25). The lowest BCUT2D eigenvalue weighted by molar-refractivity contribution is -0.123. The van der Waals surface area contributed by atoms with Gasteiger partial charge in [-0.25, -0.2) is 0 Å². The van der Waals surface area contributed by atoms with Crippen molar-refractivity contribution in [1.82, 2.24) is 36.2 Å². The molecule has 132 valence electrons. The van der Waals surface area contributed by atoms with E-state index < -0.39 is 0 Å². The molecule has 1 aromatic carbocycles. The highest BCUT2D eigenvalue weighted by atomic mass is 16.2. The topological polar surface area (TPSA) is 96.8 Å². The molecule has 2 fully saturated rings. The van der Waals surface area contributed by atoms with E-state index in [1.54, 1.807) is 4.68 Å². The lowest BCUT2D eigenvalue weighted by atomic mass is 9.77. The maximum atomic E-state index is 12.5. The van der Waals surface area contributed by atoms with Gasteiger partial charge in [0.15, 0.2) is 5.82 Å². The first-order valence-corrected chi connectivity index (χ1v) is 8.80. The number of para-hydroxylation sites is 1. The van der Waals surface area contributed by atoms with Crippen LogP contribution in [-0.4, -0.2) is 51.8 Å². The number of amides is 1. The van der Waals surface area contributed by atoms with Crippen molar-refractivity contribution in [3.05, 3.63) is 36.2 Å². The Morgan fingerprint density at radius 1 is 1.28 bits per heavy atom.